The Morgan fingerprint density at radius 3 is 1.61 bits per heavy atom. The van der Waals surface area contributed by atoms with E-state index in [2.05, 4.69) is 10.6 Å². The molecule has 2 rings (SSSR count). The highest BCUT2D eigenvalue weighted by Gasteiger charge is 2.55. The number of ether oxygens (including phenoxy) is 7. The number of hydrogen-bond acceptors (Lipinski definition) is 15. The summed E-state index contributed by atoms with van der Waals surface area (Å²) in [6.07, 6.45) is -11.9. The molecule has 0 radical (unpaired) electrons. The molecule has 0 spiro atoms. The van der Waals surface area contributed by atoms with Gasteiger partial charge in [0.25, 0.3) is 0 Å². The third-order valence-corrected chi connectivity index (χ3v) is 5.87. The maximum Gasteiger partial charge on any atom is 0.305 e. The molecule has 0 aromatic heterocycles. The van der Waals surface area contributed by atoms with Crippen LogP contribution in [0.3, 0.4) is 0 Å². The summed E-state index contributed by atoms with van der Waals surface area (Å²) in [4.78, 5) is 71.6. The third kappa shape index (κ3) is 9.60. The topological polar surface area (TPSA) is 232 Å². The zero-order valence-electron chi connectivity index (χ0n) is 23.4. The minimum Gasteiger partial charge on any atom is -0.463 e. The van der Waals surface area contributed by atoms with Gasteiger partial charge < -0.3 is 54.0 Å². The summed E-state index contributed by atoms with van der Waals surface area (Å²) in [6, 6.07) is -2.74. The Morgan fingerprint density at radius 1 is 0.659 bits per heavy atom. The second kappa shape index (κ2) is 15.0. The summed E-state index contributed by atoms with van der Waals surface area (Å²) < 4.78 is 38.6. The Balaban J connectivity index is 2.61. The predicted octanol–water partition coefficient (Wildman–Crippen LogP) is -2.83. The zero-order chi connectivity index (χ0) is 31.0. The molecule has 4 N–H and O–H groups in total. The lowest BCUT2D eigenvalue weighted by molar-refractivity contribution is -0.330. The number of nitrogens with one attached hydrogen (secondary N) is 2. The van der Waals surface area contributed by atoms with Crippen molar-refractivity contribution >= 4 is 35.7 Å². The van der Waals surface area contributed by atoms with Crippen molar-refractivity contribution in [3.05, 3.63) is 0 Å². The number of hydrogen-bond donors (Lipinski definition) is 4. The maximum atomic E-state index is 12.2. The number of rotatable bonds is 10. The molecule has 0 aliphatic carbocycles. The smallest absolute Gasteiger partial charge is 0.305 e. The number of aliphatic hydroxyl groups is 2. The average molecular weight is 593 g/mol. The van der Waals surface area contributed by atoms with Crippen LogP contribution in [-0.2, 0) is 61.9 Å². The first-order valence-electron chi connectivity index (χ1n) is 12.6. The van der Waals surface area contributed by atoms with Crippen molar-refractivity contribution in [2.75, 3.05) is 13.2 Å². The molecule has 41 heavy (non-hydrogen) atoms. The van der Waals surface area contributed by atoms with Crippen LogP contribution in [0.4, 0.5) is 0 Å². The van der Waals surface area contributed by atoms with E-state index in [4.69, 9.17) is 33.2 Å². The van der Waals surface area contributed by atoms with Crippen LogP contribution in [0.1, 0.15) is 41.5 Å². The van der Waals surface area contributed by atoms with Gasteiger partial charge in [-0.25, -0.2) is 0 Å². The molecule has 2 heterocycles. The molecule has 2 amide bonds. The predicted molar refractivity (Wildman–Crippen MR) is 130 cm³/mol. The van der Waals surface area contributed by atoms with Crippen LogP contribution in [-0.4, -0.2) is 120 Å². The quantitative estimate of drug-likeness (QED) is 0.148. The summed E-state index contributed by atoms with van der Waals surface area (Å²) in [5.41, 5.74) is 0. The van der Waals surface area contributed by atoms with E-state index in [1.54, 1.807) is 0 Å². The van der Waals surface area contributed by atoms with Gasteiger partial charge in [0, 0.05) is 41.5 Å². The normalized spacial score (nSPS) is 33.1. The molecule has 0 aromatic rings. The number of aliphatic hydroxyl groups excluding tert-OH is 2. The van der Waals surface area contributed by atoms with E-state index in [0.717, 1.165) is 41.5 Å². The van der Waals surface area contributed by atoms with E-state index in [9.17, 15) is 39.0 Å². The maximum absolute atomic E-state index is 12.2. The van der Waals surface area contributed by atoms with Crippen molar-refractivity contribution < 1.29 is 72.1 Å². The molecule has 0 aromatic carbocycles. The van der Waals surface area contributed by atoms with E-state index in [0.29, 0.717) is 0 Å². The van der Waals surface area contributed by atoms with Crippen LogP contribution >= 0.6 is 0 Å². The molecule has 10 atom stereocenters. The fourth-order valence-electron chi connectivity index (χ4n) is 4.44. The van der Waals surface area contributed by atoms with Crippen molar-refractivity contribution in [2.45, 2.75) is 103 Å². The molecule has 0 unspecified atom stereocenters. The van der Waals surface area contributed by atoms with E-state index in [-0.39, 0.29) is 0 Å². The molecule has 17 nitrogen and oxygen atoms in total. The molecule has 2 aliphatic heterocycles. The lowest BCUT2D eigenvalue weighted by Gasteiger charge is -2.49. The molecule has 17 heteroatoms. The highest BCUT2D eigenvalue weighted by Crippen LogP contribution is 2.32. The molecule has 2 aliphatic rings. The SMILES string of the molecule is CC(=O)N[C@H]1[C@H](OC(C)=O)O[C@H](COC(C)=O)[C@@H](O[C@@H]2O[C@H](CO)[C@@H](O)[C@H](OC(C)=O)[C@H]2NC(C)=O)[C@@H]1OC(C)=O. The van der Waals surface area contributed by atoms with Crippen LogP contribution in [0.15, 0.2) is 0 Å². The van der Waals surface area contributed by atoms with E-state index in [1.807, 2.05) is 0 Å². The summed E-state index contributed by atoms with van der Waals surface area (Å²) in [7, 11) is 0. The standard InChI is InChI=1S/C24H36N2O15/c1-9(28)25-17-21(36-12(4)31)19(34)15(7-27)39-24(17)41-20-16(8-35-11(3)30)40-23(38-14(6)33)18(26-10(2)29)22(20)37-13(5)32/h15-24,27,34H,7-8H2,1-6H3,(H,25,28)(H,26,29)/t15-,16-,17-,18-,19-,20-,21-,22-,23-,24+/m1/s1. The van der Waals surface area contributed by atoms with Gasteiger partial charge in [-0.2, -0.15) is 0 Å². The van der Waals surface area contributed by atoms with Crippen LogP contribution < -0.4 is 10.6 Å². The fraction of sp³-hybridized carbons (Fsp3) is 0.750. The highest BCUT2D eigenvalue weighted by atomic mass is 16.7. The van der Waals surface area contributed by atoms with Crippen molar-refractivity contribution in [3.63, 3.8) is 0 Å². The summed E-state index contributed by atoms with van der Waals surface area (Å²) in [5.74, 6) is -4.50. The van der Waals surface area contributed by atoms with Gasteiger partial charge in [-0.1, -0.05) is 0 Å². The summed E-state index contributed by atoms with van der Waals surface area (Å²) in [5, 5.41) is 25.5. The van der Waals surface area contributed by atoms with E-state index in [1.165, 1.54) is 0 Å². The molecule has 2 saturated heterocycles. The second-order valence-corrected chi connectivity index (χ2v) is 9.37. The van der Waals surface area contributed by atoms with Gasteiger partial charge in [-0.05, 0) is 0 Å². The van der Waals surface area contributed by atoms with E-state index < -0.39 is 110 Å². The highest BCUT2D eigenvalue weighted by molar-refractivity contribution is 5.74. The third-order valence-electron chi connectivity index (χ3n) is 5.87. The van der Waals surface area contributed by atoms with Gasteiger partial charge in [0.1, 0.15) is 43.1 Å². The molecule has 0 bridgehead atoms. The van der Waals surface area contributed by atoms with Gasteiger partial charge in [-0.15, -0.1) is 0 Å². The lowest BCUT2D eigenvalue weighted by atomic mass is 9.94. The monoisotopic (exact) mass is 592 g/mol. The van der Waals surface area contributed by atoms with Crippen molar-refractivity contribution in [3.8, 4) is 0 Å². The van der Waals surface area contributed by atoms with E-state index >= 15 is 0 Å². The number of esters is 4. The lowest BCUT2D eigenvalue weighted by Crippen LogP contribution is -2.70. The minimum atomic E-state index is -1.61. The largest absolute Gasteiger partial charge is 0.463 e. The van der Waals surface area contributed by atoms with Crippen LogP contribution in [0.25, 0.3) is 0 Å². The molecule has 2 fully saturated rings. The van der Waals surface area contributed by atoms with Gasteiger partial charge in [0.05, 0.1) is 6.61 Å². The Kier molecular flexibility index (Phi) is 12.4. The summed E-state index contributed by atoms with van der Waals surface area (Å²) in [6.45, 7) is 5.29. The fourth-order valence-corrected chi connectivity index (χ4v) is 4.44. The summed E-state index contributed by atoms with van der Waals surface area (Å²) >= 11 is 0. The molecular formula is C24H36N2O15. The molecular weight excluding hydrogens is 556 g/mol. The van der Waals surface area contributed by atoms with Gasteiger partial charge in [0.2, 0.25) is 18.1 Å². The van der Waals surface area contributed by atoms with Crippen molar-refractivity contribution in [1.82, 2.24) is 10.6 Å². The van der Waals surface area contributed by atoms with Gasteiger partial charge in [-0.3, -0.25) is 28.8 Å². The Morgan fingerprint density at radius 2 is 1.15 bits per heavy atom. The average Bonchev–Trinajstić information content (AvgIpc) is 2.83. The van der Waals surface area contributed by atoms with Crippen LogP contribution in [0.2, 0.25) is 0 Å². The van der Waals surface area contributed by atoms with Crippen molar-refractivity contribution in [1.29, 1.82) is 0 Å². The van der Waals surface area contributed by atoms with Crippen LogP contribution in [0, 0.1) is 0 Å². The molecule has 0 saturated carbocycles. The second-order valence-electron chi connectivity index (χ2n) is 9.37. The molecule has 232 valence electrons. The first-order valence-corrected chi connectivity index (χ1v) is 12.6. The van der Waals surface area contributed by atoms with Crippen molar-refractivity contribution in [2.24, 2.45) is 0 Å². The Labute approximate surface area is 235 Å². The van der Waals surface area contributed by atoms with Gasteiger partial charge in [0.15, 0.2) is 18.5 Å². The first-order chi connectivity index (χ1) is 19.1. The number of carbonyl (C=O) groups excluding carboxylic acids is 6. The Bertz CT molecular complexity index is 990. The first kappa shape index (κ1) is 33.8. The zero-order valence-corrected chi connectivity index (χ0v) is 23.4. The Hall–Kier alpha value is -3.38. The minimum absolute atomic E-state index is 0.528. The number of amides is 2. The van der Waals surface area contributed by atoms with Crippen LogP contribution in [0.5, 0.6) is 0 Å². The van der Waals surface area contributed by atoms with Gasteiger partial charge >= 0.3 is 23.9 Å². The number of carbonyl (C=O) groups is 6.